The lowest BCUT2D eigenvalue weighted by Gasteiger charge is -2.34. The molecule has 1 aromatic carbocycles. The van der Waals surface area contributed by atoms with Gasteiger partial charge in [0.1, 0.15) is 11.6 Å². The number of rotatable bonds is 3. The quantitative estimate of drug-likeness (QED) is 0.446. The van der Waals surface area contributed by atoms with E-state index >= 15 is 0 Å². The molecular weight excluding hydrogens is 450 g/mol. The summed E-state index contributed by atoms with van der Waals surface area (Å²) in [4.78, 5) is 12.8. The first-order valence-corrected chi connectivity index (χ1v) is 11.5. The predicted octanol–water partition coefficient (Wildman–Crippen LogP) is 5.61. The molecule has 2 fully saturated rings. The number of halogens is 4. The molecule has 5 rings (SSSR count). The van der Waals surface area contributed by atoms with Gasteiger partial charge in [-0.25, -0.2) is 14.5 Å². The van der Waals surface area contributed by atoms with E-state index in [2.05, 4.69) is 41.7 Å². The van der Waals surface area contributed by atoms with E-state index in [1.54, 1.807) is 0 Å². The Morgan fingerprint density at radius 1 is 1.24 bits per heavy atom. The molecule has 1 aliphatic heterocycles. The summed E-state index contributed by atoms with van der Waals surface area (Å²) in [7, 11) is 0. The number of carbonyl (C=O) groups excluding carboxylic acids is 1. The van der Waals surface area contributed by atoms with E-state index in [1.165, 1.54) is 30.3 Å². The van der Waals surface area contributed by atoms with Crippen LogP contribution in [0.2, 0.25) is 0 Å². The molecule has 0 spiro atoms. The first-order valence-electron chi connectivity index (χ1n) is 11.5. The number of nitrogens with one attached hydrogen (secondary N) is 2. The monoisotopic (exact) mass is 477 g/mol. The lowest BCUT2D eigenvalue weighted by atomic mass is 9.70. The minimum atomic E-state index is -4.57. The number of amides is 1. The molecule has 2 N–H and O–H groups in total. The van der Waals surface area contributed by atoms with Crippen molar-refractivity contribution in [2.75, 3.05) is 5.32 Å². The summed E-state index contributed by atoms with van der Waals surface area (Å²) < 4.78 is 55.7. The number of hydrazone groups is 1. The summed E-state index contributed by atoms with van der Waals surface area (Å²) >= 11 is 0. The van der Waals surface area contributed by atoms with Crippen molar-refractivity contribution in [2.45, 2.75) is 64.7 Å². The molecule has 0 radical (unpaired) electrons. The maximum atomic E-state index is 13.9. The molecule has 10 heteroatoms. The van der Waals surface area contributed by atoms with Crippen molar-refractivity contribution in [2.24, 2.45) is 21.8 Å². The molecule has 2 aliphatic carbocycles. The zero-order valence-electron chi connectivity index (χ0n) is 19.2. The summed E-state index contributed by atoms with van der Waals surface area (Å²) in [6.07, 6.45) is -1.97. The fourth-order valence-corrected chi connectivity index (χ4v) is 5.87. The third-order valence-corrected chi connectivity index (χ3v) is 8.50. The van der Waals surface area contributed by atoms with Crippen LogP contribution in [0.25, 0.3) is 0 Å². The highest BCUT2D eigenvalue weighted by molar-refractivity contribution is 5.97. The highest BCUT2D eigenvalue weighted by Gasteiger charge is 2.60. The second kappa shape index (κ2) is 7.55. The van der Waals surface area contributed by atoms with Gasteiger partial charge in [0.25, 0.3) is 5.91 Å². The number of hydrogen-bond acceptors (Lipinski definition) is 4. The van der Waals surface area contributed by atoms with Gasteiger partial charge in [-0.05, 0) is 48.3 Å². The van der Waals surface area contributed by atoms with Gasteiger partial charge in [0, 0.05) is 23.6 Å². The molecule has 1 aromatic heterocycles. The van der Waals surface area contributed by atoms with Crippen LogP contribution in [0.5, 0.6) is 0 Å². The Morgan fingerprint density at radius 3 is 2.53 bits per heavy atom. The summed E-state index contributed by atoms with van der Waals surface area (Å²) in [6, 6.07) is 4.00. The number of anilines is 1. The summed E-state index contributed by atoms with van der Waals surface area (Å²) in [5.74, 6) is -0.535. The van der Waals surface area contributed by atoms with Gasteiger partial charge in [-0.1, -0.05) is 32.9 Å². The smallest absolute Gasteiger partial charge is 0.363 e. The zero-order chi connectivity index (χ0) is 24.5. The highest BCUT2D eigenvalue weighted by atomic mass is 19.4. The van der Waals surface area contributed by atoms with E-state index in [1.807, 2.05) is 0 Å². The Balaban J connectivity index is 1.39. The molecular formula is C24H27F4N5O. The van der Waals surface area contributed by atoms with Gasteiger partial charge in [-0.15, -0.1) is 0 Å². The van der Waals surface area contributed by atoms with E-state index in [4.69, 9.17) is 0 Å². The third-order valence-electron chi connectivity index (χ3n) is 8.50. The molecule has 0 saturated heterocycles. The normalized spacial score (nSPS) is 30.8. The number of fused-ring (bicyclic) bond motifs is 3. The van der Waals surface area contributed by atoms with Crippen molar-refractivity contribution in [1.82, 2.24) is 15.2 Å². The van der Waals surface area contributed by atoms with Crippen molar-refractivity contribution < 1.29 is 22.4 Å². The predicted molar refractivity (Wildman–Crippen MR) is 119 cm³/mol. The van der Waals surface area contributed by atoms with Crippen molar-refractivity contribution in [1.29, 1.82) is 0 Å². The molecule has 2 saturated carbocycles. The van der Waals surface area contributed by atoms with Crippen LogP contribution in [0.15, 0.2) is 35.4 Å². The number of aromatic nitrogens is 2. The molecule has 2 bridgehead atoms. The van der Waals surface area contributed by atoms with Crippen LogP contribution < -0.4 is 10.7 Å². The number of carbonyl (C=O) groups is 1. The molecule has 1 amide bonds. The van der Waals surface area contributed by atoms with Gasteiger partial charge in [0.05, 0.1) is 6.04 Å². The van der Waals surface area contributed by atoms with E-state index in [-0.39, 0.29) is 28.8 Å². The first kappa shape index (κ1) is 22.9. The van der Waals surface area contributed by atoms with Crippen molar-refractivity contribution in [3.05, 3.63) is 47.4 Å². The first-order chi connectivity index (χ1) is 15.9. The maximum Gasteiger partial charge on any atom is 0.410 e. The maximum absolute atomic E-state index is 13.9. The van der Waals surface area contributed by atoms with Gasteiger partial charge in [-0.3, -0.25) is 4.79 Å². The van der Waals surface area contributed by atoms with Gasteiger partial charge < -0.3 is 5.32 Å². The fourth-order valence-electron chi connectivity index (χ4n) is 5.87. The minimum Gasteiger partial charge on any atom is -0.363 e. The Hall–Kier alpha value is -2.91. The molecule has 3 aliphatic rings. The number of benzene rings is 1. The summed E-state index contributed by atoms with van der Waals surface area (Å²) in [5.41, 5.74) is 3.80. The summed E-state index contributed by atoms with van der Waals surface area (Å²) in [5, 5.41) is 11.4. The Labute approximate surface area is 194 Å². The lowest BCUT2D eigenvalue weighted by molar-refractivity contribution is -0.173. The van der Waals surface area contributed by atoms with E-state index < -0.39 is 30.0 Å². The van der Waals surface area contributed by atoms with Crippen LogP contribution in [0, 0.1) is 22.6 Å². The number of hydrogen-bond donors (Lipinski definition) is 2. The van der Waals surface area contributed by atoms with Crippen LogP contribution in [0.4, 0.5) is 23.4 Å². The van der Waals surface area contributed by atoms with Crippen LogP contribution in [-0.2, 0) is 0 Å². The van der Waals surface area contributed by atoms with Crippen molar-refractivity contribution >= 4 is 17.4 Å². The molecule has 4 atom stereocenters. The second-order valence-corrected chi connectivity index (χ2v) is 10.4. The van der Waals surface area contributed by atoms with E-state index in [0.29, 0.717) is 11.5 Å². The molecule has 34 heavy (non-hydrogen) atoms. The molecule has 2 aromatic rings. The largest absolute Gasteiger partial charge is 0.410 e. The lowest BCUT2D eigenvalue weighted by Crippen LogP contribution is -2.36. The Morgan fingerprint density at radius 2 is 1.94 bits per heavy atom. The highest BCUT2D eigenvalue weighted by Crippen LogP contribution is 2.63. The molecule has 182 valence electrons. The SMILES string of the molecule is CC1(C)[C@@H]2CC[C@]1(C)/C(=N/NC(=O)c1cc3n(n1)[C@@H](C(F)(F)F)C[C@@H](c1ccc(F)cc1)N3)C2. The standard InChI is InChI=1S/C24H27F4N5O/c1-22(2)14-8-9-23(22,3)18(10-14)30-31-21(34)17-12-20-29-16(13-4-6-15(25)7-5-13)11-19(24(26,27)28)33(20)32-17/h4-7,12,14,16,19,29H,8-11H2,1-3H3,(H,31,34)/b30-18+/t14-,16+,19-,23-/m1/s1. The van der Waals surface area contributed by atoms with Gasteiger partial charge in [0.15, 0.2) is 11.7 Å². The van der Waals surface area contributed by atoms with E-state index in [9.17, 15) is 22.4 Å². The zero-order valence-corrected chi connectivity index (χ0v) is 19.2. The summed E-state index contributed by atoms with van der Waals surface area (Å²) in [6.45, 7) is 6.60. The average Bonchev–Trinajstić information content (AvgIpc) is 3.35. The third kappa shape index (κ3) is 3.49. The van der Waals surface area contributed by atoms with Gasteiger partial charge in [0.2, 0.25) is 0 Å². The van der Waals surface area contributed by atoms with Crippen LogP contribution >= 0.6 is 0 Å². The average molecular weight is 478 g/mol. The second-order valence-electron chi connectivity index (χ2n) is 10.4. The van der Waals surface area contributed by atoms with Gasteiger partial charge in [-0.2, -0.15) is 23.4 Å². The fraction of sp³-hybridized carbons (Fsp3) is 0.542. The Kier molecular flexibility index (Phi) is 5.07. The number of alkyl halides is 3. The van der Waals surface area contributed by atoms with Gasteiger partial charge >= 0.3 is 6.18 Å². The topological polar surface area (TPSA) is 71.3 Å². The molecule has 6 nitrogen and oxygen atoms in total. The van der Waals surface area contributed by atoms with Crippen molar-refractivity contribution in [3.63, 3.8) is 0 Å². The Bertz CT molecular complexity index is 1150. The minimum absolute atomic E-state index is 0.0775. The van der Waals surface area contributed by atoms with Crippen molar-refractivity contribution in [3.8, 4) is 0 Å². The van der Waals surface area contributed by atoms with Crippen LogP contribution in [-0.4, -0.2) is 27.6 Å². The van der Waals surface area contributed by atoms with E-state index in [0.717, 1.165) is 29.7 Å². The molecule has 2 heterocycles. The number of nitrogens with zero attached hydrogens (tertiary/aromatic N) is 3. The van der Waals surface area contributed by atoms with Crippen LogP contribution in [0.1, 0.15) is 74.6 Å². The van der Waals surface area contributed by atoms with Crippen LogP contribution in [0.3, 0.4) is 0 Å². The molecule has 0 unspecified atom stereocenters.